The van der Waals surface area contributed by atoms with Gasteiger partial charge in [0, 0.05) is 48.7 Å². The van der Waals surface area contributed by atoms with Gasteiger partial charge in [-0.3, -0.25) is 4.79 Å². The lowest BCUT2D eigenvalue weighted by atomic mass is 9.99. The van der Waals surface area contributed by atoms with Gasteiger partial charge in [0.25, 0.3) is 5.91 Å². The van der Waals surface area contributed by atoms with Crippen LogP contribution in [-0.4, -0.2) is 85.4 Å². The van der Waals surface area contributed by atoms with Crippen LogP contribution in [0.15, 0.2) is 54.6 Å². The zero-order valence-electron chi connectivity index (χ0n) is 25.6. The van der Waals surface area contributed by atoms with Crippen LogP contribution in [0.25, 0.3) is 0 Å². The molecule has 3 aliphatic heterocycles. The van der Waals surface area contributed by atoms with Gasteiger partial charge in [-0.25, -0.2) is 9.59 Å². The molecule has 3 atom stereocenters. The lowest BCUT2D eigenvalue weighted by Crippen LogP contribution is -2.50. The molecule has 242 valence electrons. The predicted molar refractivity (Wildman–Crippen MR) is 167 cm³/mol. The lowest BCUT2D eigenvalue weighted by Gasteiger charge is -2.38. The number of anilines is 3. The molecule has 4 N–H and O–H groups in total. The molecule has 14 nitrogen and oxygen atoms in total. The van der Waals surface area contributed by atoms with E-state index in [-0.39, 0.29) is 56.7 Å². The first-order valence-corrected chi connectivity index (χ1v) is 14.8. The second-order valence-corrected chi connectivity index (χ2v) is 11.4. The number of nitrogens with one attached hydrogen (secondary N) is 3. The first-order chi connectivity index (χ1) is 22.2. The molecular weight excluding hydrogens is 598 g/mol. The standard InChI is InChI=1S/C32H35N5O9/c1-18-13-37(19(2)15-38)30(39)23-10-20(33-31(40)34-21-5-8-25-27(11-21)44-16-42-25)4-7-24(23)46-29(18)14-36(3)32(41)35-22-6-9-26-28(12-22)45-17-43-26/h4-12,18-19,29,38H,13-17H2,1-3H3,(H,35,41)(H2,33,34,40)/t18-,19-,29-/m1/s1. The van der Waals surface area contributed by atoms with E-state index in [1.807, 2.05) is 6.92 Å². The fourth-order valence-electron chi connectivity index (χ4n) is 5.33. The predicted octanol–water partition coefficient (Wildman–Crippen LogP) is 4.17. The molecule has 14 heteroatoms. The van der Waals surface area contributed by atoms with Gasteiger partial charge in [-0.2, -0.15) is 0 Å². The Morgan fingerprint density at radius 1 is 0.870 bits per heavy atom. The number of ether oxygens (including phenoxy) is 5. The van der Waals surface area contributed by atoms with Crippen LogP contribution >= 0.6 is 0 Å². The molecule has 0 bridgehead atoms. The number of nitrogens with zero attached hydrogens (tertiary/aromatic N) is 2. The van der Waals surface area contributed by atoms with Crippen LogP contribution in [0.4, 0.5) is 26.7 Å². The van der Waals surface area contributed by atoms with E-state index in [2.05, 4.69) is 16.0 Å². The first-order valence-electron chi connectivity index (χ1n) is 14.8. The van der Waals surface area contributed by atoms with Crippen molar-refractivity contribution in [2.24, 2.45) is 5.92 Å². The summed E-state index contributed by atoms with van der Waals surface area (Å²) in [5.74, 6) is 2.02. The molecule has 6 rings (SSSR count). The molecule has 0 saturated heterocycles. The van der Waals surface area contributed by atoms with E-state index in [0.29, 0.717) is 45.8 Å². The Morgan fingerprint density at radius 3 is 2.02 bits per heavy atom. The van der Waals surface area contributed by atoms with Crippen molar-refractivity contribution >= 4 is 35.0 Å². The number of carbonyl (C=O) groups excluding carboxylic acids is 3. The van der Waals surface area contributed by atoms with Gasteiger partial charge in [-0.05, 0) is 49.4 Å². The third kappa shape index (κ3) is 6.52. The van der Waals surface area contributed by atoms with Crippen molar-refractivity contribution in [1.82, 2.24) is 9.80 Å². The third-order valence-electron chi connectivity index (χ3n) is 7.98. The molecule has 0 fully saturated rings. The summed E-state index contributed by atoms with van der Waals surface area (Å²) in [7, 11) is 1.66. The van der Waals surface area contributed by atoms with Gasteiger partial charge >= 0.3 is 12.1 Å². The van der Waals surface area contributed by atoms with E-state index in [9.17, 15) is 19.5 Å². The molecule has 0 aliphatic carbocycles. The fourth-order valence-corrected chi connectivity index (χ4v) is 5.33. The number of amides is 5. The number of benzene rings is 3. The minimum atomic E-state index is -0.528. The Labute approximate surface area is 265 Å². The zero-order chi connectivity index (χ0) is 32.4. The summed E-state index contributed by atoms with van der Waals surface area (Å²) in [6.07, 6.45) is -0.513. The monoisotopic (exact) mass is 633 g/mol. The summed E-state index contributed by atoms with van der Waals surface area (Å²) in [6, 6.07) is 13.6. The first kappa shape index (κ1) is 30.6. The minimum Gasteiger partial charge on any atom is -0.487 e. The highest BCUT2D eigenvalue weighted by atomic mass is 16.7. The number of fused-ring (bicyclic) bond motifs is 3. The lowest BCUT2D eigenvalue weighted by molar-refractivity contribution is 0.0371. The number of aliphatic hydroxyl groups excluding tert-OH is 1. The van der Waals surface area contributed by atoms with Crippen molar-refractivity contribution < 1.29 is 43.2 Å². The van der Waals surface area contributed by atoms with Gasteiger partial charge in [0.2, 0.25) is 13.6 Å². The maximum atomic E-state index is 13.8. The van der Waals surface area contributed by atoms with Gasteiger partial charge in [-0.1, -0.05) is 6.92 Å². The Bertz CT molecular complexity index is 1650. The number of hydrogen-bond acceptors (Lipinski definition) is 9. The molecule has 3 aromatic carbocycles. The average molecular weight is 634 g/mol. The number of likely N-dealkylation sites (N-methyl/N-ethyl adjacent to an activating group) is 1. The molecule has 5 amide bonds. The minimum absolute atomic E-state index is 0.117. The van der Waals surface area contributed by atoms with E-state index >= 15 is 0 Å². The Morgan fingerprint density at radius 2 is 1.41 bits per heavy atom. The number of hydrogen-bond donors (Lipinski definition) is 4. The van der Waals surface area contributed by atoms with Crippen LogP contribution in [0.1, 0.15) is 24.2 Å². The molecule has 46 heavy (non-hydrogen) atoms. The Kier molecular flexibility index (Phi) is 8.61. The van der Waals surface area contributed by atoms with E-state index in [1.54, 1.807) is 67.4 Å². The van der Waals surface area contributed by atoms with Crippen LogP contribution in [0.2, 0.25) is 0 Å². The van der Waals surface area contributed by atoms with Gasteiger partial charge in [0.15, 0.2) is 23.0 Å². The Hall–Kier alpha value is -5.37. The molecule has 0 saturated carbocycles. The van der Waals surface area contributed by atoms with Crippen LogP contribution in [0.5, 0.6) is 28.7 Å². The topological polar surface area (TPSA) is 160 Å². The normalized spacial score (nSPS) is 18.4. The summed E-state index contributed by atoms with van der Waals surface area (Å²) in [6.45, 7) is 4.16. The molecule has 0 unspecified atom stereocenters. The smallest absolute Gasteiger partial charge is 0.323 e. The molecular formula is C32H35N5O9. The number of rotatable bonds is 7. The van der Waals surface area contributed by atoms with Crippen molar-refractivity contribution in [3.63, 3.8) is 0 Å². The quantitative estimate of drug-likeness (QED) is 0.299. The number of aliphatic hydroxyl groups is 1. The van der Waals surface area contributed by atoms with Crippen LogP contribution < -0.4 is 39.6 Å². The summed E-state index contributed by atoms with van der Waals surface area (Å²) in [4.78, 5) is 42.8. The van der Waals surface area contributed by atoms with Crippen molar-refractivity contribution in [2.75, 3.05) is 56.3 Å². The fraction of sp³-hybridized carbons (Fsp3) is 0.344. The van der Waals surface area contributed by atoms with Crippen molar-refractivity contribution in [3.05, 3.63) is 60.2 Å². The molecule has 3 aliphatic rings. The van der Waals surface area contributed by atoms with Gasteiger partial charge in [0.1, 0.15) is 11.9 Å². The number of urea groups is 2. The summed E-state index contributed by atoms with van der Waals surface area (Å²) >= 11 is 0. The highest BCUT2D eigenvalue weighted by Crippen LogP contribution is 2.36. The molecule has 3 aromatic rings. The van der Waals surface area contributed by atoms with Gasteiger partial charge in [-0.15, -0.1) is 0 Å². The van der Waals surface area contributed by atoms with Gasteiger partial charge in [0.05, 0.1) is 24.8 Å². The second-order valence-electron chi connectivity index (χ2n) is 11.4. The van der Waals surface area contributed by atoms with Crippen LogP contribution in [0, 0.1) is 5.92 Å². The second kappa shape index (κ2) is 12.9. The SMILES string of the molecule is C[C@@H]1CN([C@H](C)CO)C(=O)c2cc(NC(=O)Nc3ccc4c(c3)OCO4)ccc2O[C@@H]1CN(C)C(=O)Nc1ccc2c(c1)OCO2. The third-order valence-corrected chi connectivity index (χ3v) is 7.98. The van der Waals surface area contributed by atoms with E-state index in [0.717, 1.165) is 0 Å². The Balaban J connectivity index is 1.18. The van der Waals surface area contributed by atoms with E-state index < -0.39 is 18.2 Å². The number of carbonyl (C=O) groups is 3. The van der Waals surface area contributed by atoms with Crippen molar-refractivity contribution in [1.29, 1.82) is 0 Å². The molecule has 0 radical (unpaired) electrons. The highest BCUT2D eigenvalue weighted by molar-refractivity contribution is 6.02. The summed E-state index contributed by atoms with van der Waals surface area (Å²) in [5, 5.41) is 18.3. The van der Waals surface area contributed by atoms with Crippen LogP contribution in [0.3, 0.4) is 0 Å². The van der Waals surface area contributed by atoms with Gasteiger partial charge < -0.3 is 54.5 Å². The zero-order valence-corrected chi connectivity index (χ0v) is 25.6. The molecule has 0 aromatic heterocycles. The average Bonchev–Trinajstić information content (AvgIpc) is 3.71. The summed E-state index contributed by atoms with van der Waals surface area (Å²) < 4.78 is 27.8. The maximum absolute atomic E-state index is 13.8. The van der Waals surface area contributed by atoms with E-state index in [1.165, 1.54) is 11.0 Å². The maximum Gasteiger partial charge on any atom is 0.323 e. The van der Waals surface area contributed by atoms with E-state index in [4.69, 9.17) is 23.7 Å². The largest absolute Gasteiger partial charge is 0.487 e. The summed E-state index contributed by atoms with van der Waals surface area (Å²) in [5.41, 5.74) is 1.62. The van der Waals surface area contributed by atoms with Crippen molar-refractivity contribution in [3.8, 4) is 28.7 Å². The van der Waals surface area contributed by atoms with Crippen molar-refractivity contribution in [2.45, 2.75) is 26.0 Å². The van der Waals surface area contributed by atoms with Crippen LogP contribution in [-0.2, 0) is 0 Å². The molecule has 3 heterocycles. The highest BCUT2D eigenvalue weighted by Gasteiger charge is 2.34. The molecule has 0 spiro atoms.